The van der Waals surface area contributed by atoms with Crippen LogP contribution in [0.5, 0.6) is 0 Å². The van der Waals surface area contributed by atoms with Gasteiger partial charge in [0.1, 0.15) is 0 Å². The molecule has 0 aromatic heterocycles. The highest BCUT2D eigenvalue weighted by Crippen LogP contribution is 2.24. The smallest absolute Gasteiger partial charge is 0.336 e. The van der Waals surface area contributed by atoms with Crippen LogP contribution in [-0.4, -0.2) is 27.3 Å². The third-order valence-corrected chi connectivity index (χ3v) is 3.27. The Bertz CT molecular complexity index is 566. The Kier molecular flexibility index (Phi) is 3.93. The summed E-state index contributed by atoms with van der Waals surface area (Å²) in [7, 11) is 0. The van der Waals surface area contributed by atoms with Crippen LogP contribution in [0.15, 0.2) is 47.7 Å². The van der Waals surface area contributed by atoms with Crippen molar-refractivity contribution < 1.29 is 15.0 Å². The normalized spacial score (nSPS) is 18.9. The Morgan fingerprint density at radius 1 is 1.42 bits per heavy atom. The highest BCUT2D eigenvalue weighted by Gasteiger charge is 2.26. The van der Waals surface area contributed by atoms with Crippen molar-refractivity contribution in [1.29, 1.82) is 0 Å². The summed E-state index contributed by atoms with van der Waals surface area (Å²) in [4.78, 5) is 12.6. The summed E-state index contributed by atoms with van der Waals surface area (Å²) in [5.41, 5.74) is 1.57. The van der Waals surface area contributed by atoms with Gasteiger partial charge in [-0.25, -0.2) is 4.79 Å². The summed E-state index contributed by atoms with van der Waals surface area (Å²) in [6.45, 7) is 2.14. The number of halogens is 1. The van der Waals surface area contributed by atoms with Gasteiger partial charge in [0.05, 0.1) is 5.57 Å². The van der Waals surface area contributed by atoms with Gasteiger partial charge in [0.2, 0.25) is 0 Å². The first-order valence-corrected chi connectivity index (χ1v) is 6.17. The van der Waals surface area contributed by atoms with Gasteiger partial charge in [0, 0.05) is 17.8 Å². The molecular weight excluding hydrogens is 266 g/mol. The largest absolute Gasteiger partial charge is 0.478 e. The molecule has 0 spiro atoms. The van der Waals surface area contributed by atoms with Gasteiger partial charge < -0.3 is 15.1 Å². The Morgan fingerprint density at radius 3 is 2.74 bits per heavy atom. The Labute approximate surface area is 116 Å². The summed E-state index contributed by atoms with van der Waals surface area (Å²) >= 11 is 6.07. The van der Waals surface area contributed by atoms with Crippen molar-refractivity contribution in [3.63, 3.8) is 0 Å². The number of aliphatic hydroxyl groups excluding tert-OH is 1. The summed E-state index contributed by atoms with van der Waals surface area (Å²) in [6.07, 6.45) is 2.02. The fourth-order valence-electron chi connectivity index (χ4n) is 2.00. The molecule has 5 heteroatoms. The van der Waals surface area contributed by atoms with Gasteiger partial charge in [0.25, 0.3) is 0 Å². The third kappa shape index (κ3) is 2.97. The average Bonchev–Trinajstić information content (AvgIpc) is 2.35. The molecule has 0 bridgehead atoms. The fraction of sp³-hybridized carbons (Fsp3) is 0.214. The van der Waals surface area contributed by atoms with E-state index in [-0.39, 0.29) is 5.57 Å². The molecule has 2 N–H and O–H groups in total. The molecule has 1 aromatic carbocycles. The molecule has 1 aromatic rings. The number of nitrogens with zero attached hydrogens (tertiary/aromatic N) is 1. The molecule has 1 heterocycles. The van der Waals surface area contributed by atoms with E-state index in [1.54, 1.807) is 24.1 Å². The van der Waals surface area contributed by atoms with E-state index in [1.807, 2.05) is 18.2 Å². The lowest BCUT2D eigenvalue weighted by Crippen LogP contribution is -2.36. The first-order valence-electron chi connectivity index (χ1n) is 5.79. The number of allylic oxidation sites excluding steroid dienone is 2. The van der Waals surface area contributed by atoms with E-state index in [0.717, 1.165) is 11.1 Å². The predicted octanol–water partition coefficient (Wildman–Crippen LogP) is 2.39. The molecule has 0 aliphatic carbocycles. The minimum absolute atomic E-state index is 0.0351. The second-order valence-electron chi connectivity index (χ2n) is 4.42. The minimum atomic E-state index is -1.17. The number of carbonyl (C=O) groups is 1. The maximum absolute atomic E-state index is 11.1. The van der Waals surface area contributed by atoms with Gasteiger partial charge in [-0.05, 0) is 30.2 Å². The second kappa shape index (κ2) is 5.47. The highest BCUT2D eigenvalue weighted by atomic mass is 35.5. The van der Waals surface area contributed by atoms with Gasteiger partial charge in [-0.2, -0.15) is 0 Å². The van der Waals surface area contributed by atoms with E-state index in [1.165, 1.54) is 6.08 Å². The molecule has 0 radical (unpaired) electrons. The Hall–Kier alpha value is -1.78. The molecule has 100 valence electrons. The zero-order valence-corrected chi connectivity index (χ0v) is 11.1. The lowest BCUT2D eigenvalue weighted by molar-refractivity contribution is -0.135. The number of hydrogen-bond donors (Lipinski definition) is 2. The quantitative estimate of drug-likeness (QED) is 0.892. The van der Waals surface area contributed by atoms with Crippen LogP contribution >= 0.6 is 11.6 Å². The molecule has 19 heavy (non-hydrogen) atoms. The van der Waals surface area contributed by atoms with E-state index in [0.29, 0.717) is 11.6 Å². The monoisotopic (exact) mass is 279 g/mol. The molecule has 0 saturated carbocycles. The van der Waals surface area contributed by atoms with E-state index < -0.39 is 12.2 Å². The van der Waals surface area contributed by atoms with E-state index in [9.17, 15) is 9.90 Å². The van der Waals surface area contributed by atoms with Crippen LogP contribution in [0.25, 0.3) is 0 Å². The predicted molar refractivity (Wildman–Crippen MR) is 72.5 cm³/mol. The van der Waals surface area contributed by atoms with Crippen LogP contribution in [0.2, 0.25) is 5.02 Å². The number of aliphatic carboxylic acids is 1. The van der Waals surface area contributed by atoms with Crippen molar-refractivity contribution in [3.05, 3.63) is 58.3 Å². The van der Waals surface area contributed by atoms with Crippen LogP contribution < -0.4 is 0 Å². The van der Waals surface area contributed by atoms with Crippen molar-refractivity contribution in [1.82, 2.24) is 4.90 Å². The summed E-state index contributed by atoms with van der Waals surface area (Å²) in [6, 6.07) is 7.28. The molecule has 0 fully saturated rings. The lowest BCUT2D eigenvalue weighted by atomic mass is 10.1. The number of benzene rings is 1. The maximum Gasteiger partial charge on any atom is 0.336 e. The maximum atomic E-state index is 11.1. The van der Waals surface area contributed by atoms with Crippen molar-refractivity contribution in [2.24, 2.45) is 0 Å². The molecular formula is C14H14ClNO3. The van der Waals surface area contributed by atoms with E-state index in [4.69, 9.17) is 16.7 Å². The number of carboxylic acids is 1. The van der Waals surface area contributed by atoms with Gasteiger partial charge in [0.15, 0.2) is 6.23 Å². The minimum Gasteiger partial charge on any atom is -0.478 e. The van der Waals surface area contributed by atoms with Crippen molar-refractivity contribution in [3.8, 4) is 0 Å². The standard InChI is InChI=1S/C14H14ClNO3/c1-9-6-11(14(18)19)13(17)16(7-9)8-10-4-2-3-5-12(10)15/h2-7,13,17H,8H2,1H3,(H,18,19). The molecule has 0 amide bonds. The zero-order valence-electron chi connectivity index (χ0n) is 10.4. The molecule has 1 aliphatic heterocycles. The van der Waals surface area contributed by atoms with Crippen LogP contribution in [-0.2, 0) is 11.3 Å². The van der Waals surface area contributed by atoms with Crippen LogP contribution in [0, 0.1) is 0 Å². The van der Waals surface area contributed by atoms with Gasteiger partial charge in [-0.1, -0.05) is 29.8 Å². The summed E-state index contributed by atoms with van der Waals surface area (Å²) < 4.78 is 0. The molecule has 1 atom stereocenters. The highest BCUT2D eigenvalue weighted by molar-refractivity contribution is 6.31. The zero-order chi connectivity index (χ0) is 14.0. The molecule has 2 rings (SSSR count). The topological polar surface area (TPSA) is 60.8 Å². The Morgan fingerprint density at radius 2 is 2.11 bits per heavy atom. The van der Waals surface area contributed by atoms with Crippen LogP contribution in [0.3, 0.4) is 0 Å². The first kappa shape index (κ1) is 13.6. The molecule has 1 aliphatic rings. The lowest BCUT2D eigenvalue weighted by Gasteiger charge is -2.30. The van der Waals surface area contributed by atoms with E-state index >= 15 is 0 Å². The molecule has 4 nitrogen and oxygen atoms in total. The van der Waals surface area contributed by atoms with Crippen molar-refractivity contribution in [2.45, 2.75) is 19.7 Å². The van der Waals surface area contributed by atoms with Crippen LogP contribution in [0.4, 0.5) is 0 Å². The molecule has 1 unspecified atom stereocenters. The second-order valence-corrected chi connectivity index (χ2v) is 4.82. The summed E-state index contributed by atoms with van der Waals surface area (Å²) in [5.74, 6) is -1.12. The van der Waals surface area contributed by atoms with E-state index in [2.05, 4.69) is 0 Å². The third-order valence-electron chi connectivity index (χ3n) is 2.90. The van der Waals surface area contributed by atoms with Gasteiger partial charge in [-0.15, -0.1) is 0 Å². The van der Waals surface area contributed by atoms with Crippen LogP contribution in [0.1, 0.15) is 12.5 Å². The SMILES string of the molecule is CC1=CN(Cc2ccccc2Cl)C(O)C(C(=O)O)=C1. The van der Waals surface area contributed by atoms with Crippen molar-refractivity contribution >= 4 is 17.6 Å². The summed E-state index contributed by atoms with van der Waals surface area (Å²) in [5, 5.41) is 19.7. The van der Waals surface area contributed by atoms with Gasteiger partial charge in [-0.3, -0.25) is 0 Å². The number of aliphatic hydroxyl groups is 1. The molecule has 0 saturated heterocycles. The fourth-order valence-corrected chi connectivity index (χ4v) is 2.19. The number of rotatable bonds is 3. The van der Waals surface area contributed by atoms with Crippen molar-refractivity contribution in [2.75, 3.05) is 0 Å². The number of carboxylic acid groups (broad SMARTS) is 1. The van der Waals surface area contributed by atoms with Gasteiger partial charge >= 0.3 is 5.97 Å². The average molecular weight is 280 g/mol. The first-order chi connectivity index (χ1) is 8.99. The Balaban J connectivity index is 2.25. The number of hydrogen-bond acceptors (Lipinski definition) is 3.